The van der Waals surface area contributed by atoms with Crippen molar-refractivity contribution in [3.63, 3.8) is 0 Å². The first-order valence-electron chi connectivity index (χ1n) is 6.16. The van der Waals surface area contributed by atoms with Crippen LogP contribution in [0.4, 0.5) is 0 Å². The van der Waals surface area contributed by atoms with Gasteiger partial charge in [-0.05, 0) is 55.8 Å². The summed E-state index contributed by atoms with van der Waals surface area (Å²) in [6.45, 7) is 4.69. The maximum Gasteiger partial charge on any atom is 0.240 e. The summed E-state index contributed by atoms with van der Waals surface area (Å²) in [5.41, 5.74) is 7.38. The Hall–Kier alpha value is -0.910. The third-order valence-electron chi connectivity index (χ3n) is 3.66. The van der Waals surface area contributed by atoms with Gasteiger partial charge in [-0.15, -0.1) is 0 Å². The van der Waals surface area contributed by atoms with Crippen LogP contribution in [0.3, 0.4) is 0 Å². The van der Waals surface area contributed by atoms with E-state index in [0.29, 0.717) is 18.0 Å². The van der Waals surface area contributed by atoms with Crippen LogP contribution in [0.25, 0.3) is 0 Å². The lowest BCUT2D eigenvalue weighted by Gasteiger charge is -2.15. The van der Waals surface area contributed by atoms with E-state index >= 15 is 0 Å². The average Bonchev–Trinajstić information content (AvgIpc) is 3.11. The van der Waals surface area contributed by atoms with Crippen molar-refractivity contribution in [3.05, 3.63) is 29.3 Å². The molecule has 1 aromatic rings. The first-order chi connectivity index (χ1) is 8.38. The molecule has 1 aromatic carbocycles. The summed E-state index contributed by atoms with van der Waals surface area (Å²) in [7, 11) is -3.42. The lowest BCUT2D eigenvalue weighted by molar-refractivity contribution is 0.500. The van der Waals surface area contributed by atoms with E-state index in [1.165, 1.54) is 0 Å². The summed E-state index contributed by atoms with van der Waals surface area (Å²) < 4.78 is 27.2. The van der Waals surface area contributed by atoms with E-state index in [9.17, 15) is 8.42 Å². The fourth-order valence-electron chi connectivity index (χ4n) is 1.95. The molecule has 0 aromatic heterocycles. The summed E-state index contributed by atoms with van der Waals surface area (Å²) in [5.74, 6) is 0. The number of nitrogens with two attached hydrogens (primary N) is 1. The fraction of sp³-hybridized carbons (Fsp3) is 0.538. The molecule has 0 unspecified atom stereocenters. The van der Waals surface area contributed by atoms with Gasteiger partial charge in [-0.2, -0.15) is 0 Å². The van der Waals surface area contributed by atoms with E-state index < -0.39 is 10.0 Å². The number of rotatable bonds is 5. The lowest BCUT2D eigenvalue weighted by atomic mass is 10.1. The van der Waals surface area contributed by atoms with Crippen molar-refractivity contribution in [3.8, 4) is 0 Å². The summed E-state index contributed by atoms with van der Waals surface area (Å²) >= 11 is 0. The van der Waals surface area contributed by atoms with E-state index in [2.05, 4.69) is 4.72 Å². The normalized spacial score (nSPS) is 17.7. The Morgan fingerprint density at radius 2 is 2.00 bits per heavy atom. The molecule has 1 fully saturated rings. The molecule has 1 aliphatic carbocycles. The van der Waals surface area contributed by atoms with Gasteiger partial charge in [0.2, 0.25) is 10.0 Å². The molecule has 0 atom stereocenters. The molecular formula is C13H20N2O2S. The summed E-state index contributed by atoms with van der Waals surface area (Å²) in [4.78, 5) is 0.371. The van der Waals surface area contributed by atoms with Crippen molar-refractivity contribution in [1.29, 1.82) is 0 Å². The molecule has 0 aliphatic heterocycles. The first kappa shape index (κ1) is 13.5. The number of nitrogens with one attached hydrogen (secondary N) is 1. The molecule has 0 heterocycles. The van der Waals surface area contributed by atoms with Gasteiger partial charge in [0.1, 0.15) is 0 Å². The van der Waals surface area contributed by atoms with Crippen molar-refractivity contribution in [1.82, 2.24) is 4.72 Å². The summed E-state index contributed by atoms with van der Waals surface area (Å²) in [5, 5.41) is 0. The molecule has 3 N–H and O–H groups in total. The predicted octanol–water partition coefficient (Wildman–Crippen LogP) is 1.32. The van der Waals surface area contributed by atoms with Crippen molar-refractivity contribution >= 4 is 10.0 Å². The second kappa shape index (κ2) is 4.64. The SMILES string of the molecule is Cc1ccc(C)c(S(=O)(=O)NCC2(CN)CC2)c1. The van der Waals surface area contributed by atoms with Crippen molar-refractivity contribution in [2.45, 2.75) is 31.6 Å². The standard InChI is InChI=1S/C13H20N2O2S/c1-10-3-4-11(2)12(7-10)18(16,17)15-9-13(8-14)5-6-13/h3-4,7,15H,5-6,8-9,14H2,1-2H3. The third-order valence-corrected chi connectivity index (χ3v) is 5.20. The summed E-state index contributed by atoms with van der Waals surface area (Å²) in [6, 6.07) is 5.45. The molecule has 100 valence electrons. The molecule has 0 saturated heterocycles. The predicted molar refractivity (Wildman–Crippen MR) is 71.8 cm³/mol. The van der Waals surface area contributed by atoms with Crippen LogP contribution in [0.15, 0.2) is 23.1 Å². The maximum absolute atomic E-state index is 12.2. The van der Waals surface area contributed by atoms with Crippen LogP contribution in [0.1, 0.15) is 24.0 Å². The molecule has 0 amide bonds. The highest BCUT2D eigenvalue weighted by molar-refractivity contribution is 7.89. The van der Waals surface area contributed by atoms with Crippen LogP contribution in [-0.4, -0.2) is 21.5 Å². The minimum absolute atomic E-state index is 0.00476. The van der Waals surface area contributed by atoms with Crippen LogP contribution < -0.4 is 10.5 Å². The van der Waals surface area contributed by atoms with Gasteiger partial charge in [-0.3, -0.25) is 0 Å². The van der Waals surface area contributed by atoms with Gasteiger partial charge in [-0.1, -0.05) is 12.1 Å². The molecule has 1 aliphatic rings. The molecule has 0 bridgehead atoms. The van der Waals surface area contributed by atoms with E-state index in [4.69, 9.17) is 5.73 Å². The Labute approximate surface area is 109 Å². The Morgan fingerprint density at radius 3 is 2.56 bits per heavy atom. The van der Waals surface area contributed by atoms with Crippen molar-refractivity contribution < 1.29 is 8.42 Å². The van der Waals surface area contributed by atoms with E-state index in [1.54, 1.807) is 6.07 Å². The van der Waals surface area contributed by atoms with E-state index in [1.807, 2.05) is 26.0 Å². The molecule has 2 rings (SSSR count). The van der Waals surface area contributed by atoms with Gasteiger partial charge in [0, 0.05) is 6.54 Å². The number of hydrogen-bond donors (Lipinski definition) is 2. The molecule has 1 saturated carbocycles. The van der Waals surface area contributed by atoms with Crippen LogP contribution in [0.2, 0.25) is 0 Å². The molecule has 4 nitrogen and oxygen atoms in total. The number of hydrogen-bond acceptors (Lipinski definition) is 3. The Bertz CT molecular complexity index is 548. The van der Waals surface area contributed by atoms with Gasteiger partial charge in [0.05, 0.1) is 4.90 Å². The molecule has 0 radical (unpaired) electrons. The molecule has 0 spiro atoms. The zero-order valence-electron chi connectivity index (χ0n) is 10.9. The van der Waals surface area contributed by atoms with Gasteiger partial charge in [0.25, 0.3) is 0 Å². The second-order valence-corrected chi connectivity index (χ2v) is 7.03. The van der Waals surface area contributed by atoms with Gasteiger partial charge < -0.3 is 5.73 Å². The lowest BCUT2D eigenvalue weighted by Crippen LogP contribution is -2.34. The van der Waals surface area contributed by atoms with Gasteiger partial charge >= 0.3 is 0 Å². The topological polar surface area (TPSA) is 72.2 Å². The minimum atomic E-state index is -3.42. The Balaban J connectivity index is 2.18. The van der Waals surface area contributed by atoms with Crippen LogP contribution in [-0.2, 0) is 10.0 Å². The van der Waals surface area contributed by atoms with E-state index in [-0.39, 0.29) is 5.41 Å². The largest absolute Gasteiger partial charge is 0.330 e. The van der Waals surface area contributed by atoms with Crippen LogP contribution in [0, 0.1) is 19.3 Å². The van der Waals surface area contributed by atoms with Gasteiger partial charge in [0.15, 0.2) is 0 Å². The summed E-state index contributed by atoms with van der Waals surface area (Å²) in [6.07, 6.45) is 2.03. The highest BCUT2D eigenvalue weighted by Gasteiger charge is 2.41. The highest BCUT2D eigenvalue weighted by atomic mass is 32.2. The number of sulfonamides is 1. The number of benzene rings is 1. The molecule has 18 heavy (non-hydrogen) atoms. The third kappa shape index (κ3) is 2.74. The first-order valence-corrected chi connectivity index (χ1v) is 7.64. The monoisotopic (exact) mass is 268 g/mol. The fourth-order valence-corrected chi connectivity index (χ4v) is 3.44. The van der Waals surface area contributed by atoms with Crippen LogP contribution >= 0.6 is 0 Å². The zero-order chi connectivity index (χ0) is 13.4. The van der Waals surface area contributed by atoms with Crippen molar-refractivity contribution in [2.24, 2.45) is 11.1 Å². The minimum Gasteiger partial charge on any atom is -0.330 e. The average molecular weight is 268 g/mol. The maximum atomic E-state index is 12.2. The molecule has 5 heteroatoms. The zero-order valence-corrected chi connectivity index (χ0v) is 11.7. The quantitative estimate of drug-likeness (QED) is 0.846. The second-order valence-electron chi connectivity index (χ2n) is 5.30. The van der Waals surface area contributed by atoms with E-state index in [0.717, 1.165) is 24.0 Å². The highest BCUT2D eigenvalue weighted by Crippen LogP contribution is 2.43. The Kier molecular flexibility index (Phi) is 3.49. The van der Waals surface area contributed by atoms with Crippen molar-refractivity contribution in [2.75, 3.05) is 13.1 Å². The number of aryl methyl sites for hydroxylation is 2. The van der Waals surface area contributed by atoms with Gasteiger partial charge in [-0.25, -0.2) is 13.1 Å². The Morgan fingerprint density at radius 1 is 1.33 bits per heavy atom. The molecular weight excluding hydrogens is 248 g/mol. The smallest absolute Gasteiger partial charge is 0.240 e. The van der Waals surface area contributed by atoms with Crippen LogP contribution in [0.5, 0.6) is 0 Å².